The number of rotatable bonds is 5. The minimum absolute atomic E-state index is 0.118. The van der Waals surface area contributed by atoms with E-state index in [1.807, 2.05) is 0 Å². The van der Waals surface area contributed by atoms with Crippen molar-refractivity contribution in [2.24, 2.45) is 0 Å². The highest BCUT2D eigenvalue weighted by atomic mass is 32.2. The third kappa shape index (κ3) is 3.32. The fraction of sp³-hybridized carbons (Fsp3) is 0.278. The summed E-state index contributed by atoms with van der Waals surface area (Å²) in [5.74, 6) is -0.431. The van der Waals surface area contributed by atoms with Gasteiger partial charge in [-0.05, 0) is 29.3 Å². The standard InChI is InChI=1S/C18H20N2O5S/c1-25-16-7-6-11(8-15(16)21)14(10-26(2,23)24)20-9-12-4-3-5-13(19)17(12)18(20)22/h3-8,14,21H,9-10,19H2,1-2H3/t14-/m1/s1. The molecule has 2 aromatic carbocycles. The summed E-state index contributed by atoms with van der Waals surface area (Å²) in [4.78, 5) is 14.4. The van der Waals surface area contributed by atoms with Gasteiger partial charge in [-0.3, -0.25) is 4.79 Å². The molecule has 0 radical (unpaired) electrons. The van der Waals surface area contributed by atoms with E-state index in [0.29, 0.717) is 16.8 Å². The van der Waals surface area contributed by atoms with Gasteiger partial charge in [0.25, 0.3) is 5.91 Å². The second kappa shape index (κ2) is 6.53. The van der Waals surface area contributed by atoms with E-state index in [0.717, 1.165) is 11.8 Å². The Bertz CT molecular complexity index is 972. The van der Waals surface area contributed by atoms with Gasteiger partial charge in [0.15, 0.2) is 11.5 Å². The van der Waals surface area contributed by atoms with Gasteiger partial charge in [-0.2, -0.15) is 0 Å². The molecule has 0 spiro atoms. The zero-order valence-corrected chi connectivity index (χ0v) is 15.3. The van der Waals surface area contributed by atoms with Crippen molar-refractivity contribution in [2.75, 3.05) is 24.9 Å². The predicted octanol–water partition coefficient (Wildman–Crippen LogP) is 1.72. The molecule has 1 aliphatic rings. The van der Waals surface area contributed by atoms with Gasteiger partial charge in [0.1, 0.15) is 9.84 Å². The van der Waals surface area contributed by atoms with Crippen molar-refractivity contribution in [3.63, 3.8) is 0 Å². The van der Waals surface area contributed by atoms with E-state index >= 15 is 0 Å². The number of fused-ring (bicyclic) bond motifs is 1. The first-order valence-corrected chi connectivity index (χ1v) is 10.0. The number of methoxy groups -OCH3 is 1. The lowest BCUT2D eigenvalue weighted by Crippen LogP contribution is -2.33. The first kappa shape index (κ1) is 18.1. The van der Waals surface area contributed by atoms with Crippen LogP contribution >= 0.6 is 0 Å². The Hall–Kier alpha value is -2.74. The molecule has 0 bridgehead atoms. The van der Waals surface area contributed by atoms with Gasteiger partial charge in [-0.1, -0.05) is 18.2 Å². The van der Waals surface area contributed by atoms with Crippen LogP contribution in [0.3, 0.4) is 0 Å². The second-order valence-electron chi connectivity index (χ2n) is 6.35. The number of amides is 1. The molecule has 7 nitrogen and oxygen atoms in total. The molecule has 2 aromatic rings. The van der Waals surface area contributed by atoms with E-state index in [1.165, 1.54) is 18.1 Å². The molecule has 1 heterocycles. The van der Waals surface area contributed by atoms with Crippen LogP contribution in [0.5, 0.6) is 11.5 Å². The maximum absolute atomic E-state index is 12.9. The van der Waals surface area contributed by atoms with Gasteiger partial charge in [-0.15, -0.1) is 0 Å². The smallest absolute Gasteiger partial charge is 0.257 e. The molecule has 0 aromatic heterocycles. The predicted molar refractivity (Wildman–Crippen MR) is 97.8 cm³/mol. The number of phenols is 1. The maximum atomic E-state index is 12.9. The number of benzene rings is 2. The van der Waals surface area contributed by atoms with Crippen LogP contribution in [0.15, 0.2) is 36.4 Å². The summed E-state index contributed by atoms with van der Waals surface area (Å²) >= 11 is 0. The van der Waals surface area contributed by atoms with Crippen molar-refractivity contribution in [1.82, 2.24) is 4.90 Å². The average Bonchev–Trinajstić information content (AvgIpc) is 2.90. The Morgan fingerprint density at radius 2 is 2.04 bits per heavy atom. The van der Waals surface area contributed by atoms with Gasteiger partial charge >= 0.3 is 0 Å². The molecule has 0 fully saturated rings. The van der Waals surface area contributed by atoms with Crippen molar-refractivity contribution >= 4 is 21.4 Å². The van der Waals surface area contributed by atoms with Crippen LogP contribution in [0.4, 0.5) is 5.69 Å². The lowest BCUT2D eigenvalue weighted by Gasteiger charge is -2.28. The first-order valence-electron chi connectivity index (χ1n) is 7.94. The van der Waals surface area contributed by atoms with Crippen molar-refractivity contribution in [3.8, 4) is 11.5 Å². The van der Waals surface area contributed by atoms with Gasteiger partial charge in [0.05, 0.1) is 24.5 Å². The number of aromatic hydroxyl groups is 1. The molecule has 138 valence electrons. The van der Waals surface area contributed by atoms with E-state index in [9.17, 15) is 18.3 Å². The number of hydrogen-bond acceptors (Lipinski definition) is 6. The number of nitrogens with zero attached hydrogens (tertiary/aromatic N) is 1. The summed E-state index contributed by atoms with van der Waals surface area (Å²) in [5.41, 5.74) is 7.97. The second-order valence-corrected chi connectivity index (χ2v) is 8.54. The molecular formula is C18H20N2O5S. The molecule has 0 unspecified atom stereocenters. The van der Waals surface area contributed by atoms with Crippen LogP contribution in [0.25, 0.3) is 0 Å². The third-order valence-electron chi connectivity index (χ3n) is 4.42. The summed E-state index contributed by atoms with van der Waals surface area (Å²) in [7, 11) is -1.97. The van der Waals surface area contributed by atoms with Gasteiger partial charge in [-0.25, -0.2) is 8.42 Å². The monoisotopic (exact) mass is 376 g/mol. The average molecular weight is 376 g/mol. The number of hydrogen-bond donors (Lipinski definition) is 2. The topological polar surface area (TPSA) is 110 Å². The number of anilines is 1. The number of ether oxygens (including phenoxy) is 1. The van der Waals surface area contributed by atoms with Crippen LogP contribution < -0.4 is 10.5 Å². The molecule has 1 aliphatic heterocycles. The highest BCUT2D eigenvalue weighted by Gasteiger charge is 2.36. The van der Waals surface area contributed by atoms with Crippen molar-refractivity contribution < 1.29 is 23.1 Å². The van der Waals surface area contributed by atoms with Crippen LogP contribution in [0.2, 0.25) is 0 Å². The van der Waals surface area contributed by atoms with E-state index in [2.05, 4.69) is 0 Å². The van der Waals surface area contributed by atoms with Crippen LogP contribution in [0, 0.1) is 0 Å². The Morgan fingerprint density at radius 1 is 1.31 bits per heavy atom. The van der Waals surface area contributed by atoms with E-state index in [4.69, 9.17) is 10.5 Å². The molecule has 0 saturated carbocycles. The zero-order chi connectivity index (χ0) is 19.1. The van der Waals surface area contributed by atoms with Gasteiger partial charge in [0, 0.05) is 18.5 Å². The molecule has 0 aliphatic carbocycles. The summed E-state index contributed by atoms with van der Waals surface area (Å²) in [6.45, 7) is 0.256. The fourth-order valence-electron chi connectivity index (χ4n) is 3.23. The third-order valence-corrected chi connectivity index (χ3v) is 5.34. The molecule has 26 heavy (non-hydrogen) atoms. The minimum Gasteiger partial charge on any atom is -0.504 e. The van der Waals surface area contributed by atoms with Crippen LogP contribution in [0.1, 0.15) is 27.5 Å². The number of sulfone groups is 1. The summed E-state index contributed by atoms with van der Waals surface area (Å²) in [5, 5.41) is 10.1. The van der Waals surface area contributed by atoms with Gasteiger partial charge < -0.3 is 20.5 Å². The first-order chi connectivity index (χ1) is 12.2. The van der Waals surface area contributed by atoms with Crippen LogP contribution in [-0.2, 0) is 16.4 Å². The highest BCUT2D eigenvalue weighted by molar-refractivity contribution is 7.90. The number of nitrogen functional groups attached to an aromatic ring is 1. The molecule has 3 N–H and O–H groups in total. The van der Waals surface area contributed by atoms with Crippen molar-refractivity contribution in [2.45, 2.75) is 12.6 Å². The van der Waals surface area contributed by atoms with Gasteiger partial charge in [0.2, 0.25) is 0 Å². The zero-order valence-electron chi connectivity index (χ0n) is 14.5. The Kier molecular flexibility index (Phi) is 4.53. The quantitative estimate of drug-likeness (QED) is 0.769. The summed E-state index contributed by atoms with van der Waals surface area (Å²) < 4.78 is 29.0. The number of carbonyl (C=O) groups is 1. The van der Waals surface area contributed by atoms with E-state index in [1.54, 1.807) is 30.3 Å². The Morgan fingerprint density at radius 3 is 2.62 bits per heavy atom. The molecular weight excluding hydrogens is 356 g/mol. The molecule has 3 rings (SSSR count). The summed E-state index contributed by atoms with van der Waals surface area (Å²) in [6.07, 6.45) is 1.12. The molecule has 0 saturated heterocycles. The van der Waals surface area contributed by atoms with Crippen molar-refractivity contribution in [3.05, 3.63) is 53.1 Å². The SMILES string of the molecule is COc1ccc([C@@H](CS(C)(=O)=O)N2Cc3cccc(N)c3C2=O)cc1O. The fourth-order valence-corrected chi connectivity index (χ4v) is 4.18. The maximum Gasteiger partial charge on any atom is 0.257 e. The Balaban J connectivity index is 2.05. The molecule has 8 heteroatoms. The van der Waals surface area contributed by atoms with E-state index in [-0.39, 0.29) is 29.7 Å². The number of carbonyl (C=O) groups excluding carboxylic acids is 1. The Labute approximate surface area is 151 Å². The van der Waals surface area contributed by atoms with Crippen molar-refractivity contribution in [1.29, 1.82) is 0 Å². The normalized spacial score (nSPS) is 15.0. The van der Waals surface area contributed by atoms with Crippen LogP contribution in [-0.4, -0.2) is 43.4 Å². The minimum atomic E-state index is -3.40. The number of nitrogens with two attached hydrogens (primary N) is 1. The number of phenolic OH excluding ortho intramolecular Hbond substituents is 1. The summed E-state index contributed by atoms with van der Waals surface area (Å²) in [6, 6.07) is 9.07. The highest BCUT2D eigenvalue weighted by Crippen LogP contribution is 2.37. The lowest BCUT2D eigenvalue weighted by atomic mass is 10.1. The molecule has 1 atom stereocenters. The van der Waals surface area contributed by atoms with E-state index < -0.39 is 15.9 Å². The lowest BCUT2D eigenvalue weighted by molar-refractivity contribution is 0.0719. The molecule has 1 amide bonds. The largest absolute Gasteiger partial charge is 0.504 e.